The zero-order valence-electron chi connectivity index (χ0n) is 22.2. The SMILES string of the molecule is CC(C)(C)OC(=O)N1[C@@H]2CC[C@H]1CN(c1nc(OCC(F)(F)F)nc3c(F)c(-c4cc(N)cc(Cl)c4Cl)ncc13)C2. The van der Waals surface area contributed by atoms with Gasteiger partial charge in [-0.3, -0.25) is 9.88 Å². The third-order valence-electron chi connectivity index (χ3n) is 6.70. The van der Waals surface area contributed by atoms with Gasteiger partial charge in [0.15, 0.2) is 12.4 Å². The van der Waals surface area contributed by atoms with Crippen LogP contribution in [-0.2, 0) is 4.74 Å². The summed E-state index contributed by atoms with van der Waals surface area (Å²) < 4.78 is 65.4. The third kappa shape index (κ3) is 6.01. The fraction of sp³-hybridized carbons (Fsp3) is 0.462. The maximum atomic E-state index is 16.0. The number of rotatable bonds is 4. The number of pyridine rings is 1. The topological polar surface area (TPSA) is 107 Å². The molecular weight excluding hydrogens is 591 g/mol. The summed E-state index contributed by atoms with van der Waals surface area (Å²) >= 11 is 12.4. The molecule has 2 N–H and O–H groups in total. The quantitative estimate of drug-likeness (QED) is 0.271. The highest BCUT2D eigenvalue weighted by atomic mass is 35.5. The monoisotopic (exact) mass is 616 g/mol. The van der Waals surface area contributed by atoms with E-state index < -0.39 is 36.3 Å². The highest BCUT2D eigenvalue weighted by molar-refractivity contribution is 6.44. The molecule has 2 atom stereocenters. The average Bonchev–Trinajstić information content (AvgIpc) is 3.13. The molecule has 0 aliphatic carbocycles. The number of nitrogens with two attached hydrogens (primary N) is 1. The minimum atomic E-state index is -4.68. The molecule has 2 fully saturated rings. The van der Waals surface area contributed by atoms with Gasteiger partial charge in [-0.05, 0) is 45.7 Å². The van der Waals surface area contributed by atoms with Crippen molar-refractivity contribution in [2.75, 3.05) is 30.3 Å². The van der Waals surface area contributed by atoms with Gasteiger partial charge in [0.1, 0.15) is 22.6 Å². The second kappa shape index (κ2) is 10.5. The number of nitrogens with zero attached hydrogens (tertiary/aromatic N) is 5. The number of hydrogen-bond donors (Lipinski definition) is 1. The fourth-order valence-electron chi connectivity index (χ4n) is 5.13. The third-order valence-corrected chi connectivity index (χ3v) is 7.50. The summed E-state index contributed by atoms with van der Waals surface area (Å²) in [5, 5.41) is 0.199. The summed E-state index contributed by atoms with van der Waals surface area (Å²) in [6.45, 7) is 4.21. The summed E-state index contributed by atoms with van der Waals surface area (Å²) in [6, 6.07) is 1.60. The lowest BCUT2D eigenvalue weighted by Gasteiger charge is -2.42. The van der Waals surface area contributed by atoms with Gasteiger partial charge in [0, 0.05) is 30.5 Å². The molecule has 2 aliphatic rings. The second-order valence-corrected chi connectivity index (χ2v) is 11.7. The van der Waals surface area contributed by atoms with Gasteiger partial charge in [0.05, 0.1) is 27.5 Å². The normalized spacial score (nSPS) is 19.1. The number of alkyl halides is 3. The Balaban J connectivity index is 1.57. The number of carbonyl (C=O) groups is 1. The van der Waals surface area contributed by atoms with E-state index in [-0.39, 0.29) is 68.9 Å². The van der Waals surface area contributed by atoms with Crippen LogP contribution in [0.25, 0.3) is 22.2 Å². The van der Waals surface area contributed by atoms with Crippen molar-refractivity contribution in [2.24, 2.45) is 0 Å². The zero-order valence-corrected chi connectivity index (χ0v) is 23.7. The molecular formula is C26H26Cl2F4N6O3. The molecule has 2 saturated heterocycles. The minimum Gasteiger partial charge on any atom is -0.454 e. The van der Waals surface area contributed by atoms with Crippen molar-refractivity contribution in [1.82, 2.24) is 19.9 Å². The fourth-order valence-corrected chi connectivity index (χ4v) is 5.56. The first kappa shape index (κ1) is 29.2. The number of anilines is 2. The van der Waals surface area contributed by atoms with Crippen LogP contribution in [0.4, 0.5) is 33.9 Å². The molecule has 0 unspecified atom stereocenters. The van der Waals surface area contributed by atoms with Crippen LogP contribution in [0, 0.1) is 5.82 Å². The Hall–Kier alpha value is -3.32. The van der Waals surface area contributed by atoms with E-state index in [9.17, 15) is 18.0 Å². The maximum Gasteiger partial charge on any atom is 0.422 e. The Kier molecular flexibility index (Phi) is 7.48. The van der Waals surface area contributed by atoms with Crippen LogP contribution < -0.4 is 15.4 Å². The molecule has 0 saturated carbocycles. The van der Waals surface area contributed by atoms with Gasteiger partial charge in [-0.1, -0.05) is 23.2 Å². The molecule has 1 aromatic carbocycles. The number of piperazine rings is 1. The molecule has 41 heavy (non-hydrogen) atoms. The molecule has 2 bridgehead atoms. The lowest BCUT2D eigenvalue weighted by molar-refractivity contribution is -0.154. The van der Waals surface area contributed by atoms with Gasteiger partial charge in [0.25, 0.3) is 0 Å². The lowest BCUT2D eigenvalue weighted by atomic mass is 10.1. The van der Waals surface area contributed by atoms with Gasteiger partial charge in [-0.15, -0.1) is 0 Å². The molecule has 220 valence electrons. The predicted molar refractivity (Wildman–Crippen MR) is 146 cm³/mol. The van der Waals surface area contributed by atoms with E-state index in [1.807, 2.05) is 0 Å². The predicted octanol–water partition coefficient (Wildman–Crippen LogP) is 6.25. The van der Waals surface area contributed by atoms with Crippen LogP contribution in [0.2, 0.25) is 10.0 Å². The summed E-state index contributed by atoms with van der Waals surface area (Å²) in [4.78, 5) is 28.8. The average molecular weight is 617 g/mol. The van der Waals surface area contributed by atoms with Crippen molar-refractivity contribution in [3.8, 4) is 17.3 Å². The Morgan fingerprint density at radius 3 is 2.39 bits per heavy atom. The highest BCUT2D eigenvalue weighted by Crippen LogP contribution is 2.40. The van der Waals surface area contributed by atoms with Crippen molar-refractivity contribution in [1.29, 1.82) is 0 Å². The number of hydrogen-bond acceptors (Lipinski definition) is 8. The molecule has 2 aliphatic heterocycles. The van der Waals surface area contributed by atoms with E-state index in [0.29, 0.717) is 12.8 Å². The summed E-state index contributed by atoms with van der Waals surface area (Å²) in [5.74, 6) is -0.843. The number of benzene rings is 1. The van der Waals surface area contributed by atoms with Crippen molar-refractivity contribution in [3.05, 3.63) is 34.2 Å². The number of nitrogen functional groups attached to an aromatic ring is 1. The molecule has 0 radical (unpaired) electrons. The number of amides is 1. The first-order chi connectivity index (χ1) is 19.1. The van der Waals surface area contributed by atoms with E-state index in [0.717, 1.165) is 0 Å². The van der Waals surface area contributed by atoms with Crippen molar-refractivity contribution in [2.45, 2.75) is 57.5 Å². The molecule has 3 aromatic rings. The van der Waals surface area contributed by atoms with Crippen LogP contribution in [0.3, 0.4) is 0 Å². The lowest BCUT2D eigenvalue weighted by Crippen LogP contribution is -2.57. The van der Waals surface area contributed by atoms with Crippen LogP contribution in [0.15, 0.2) is 18.3 Å². The van der Waals surface area contributed by atoms with Gasteiger partial charge in [-0.2, -0.15) is 23.1 Å². The molecule has 9 nitrogen and oxygen atoms in total. The standard InChI is InChI=1S/C26H26Cl2F4N6O3/c1-25(2,3)41-24(39)38-13-4-5-14(38)10-37(9-13)22-16-8-34-20(15-6-12(33)7-17(27)18(15)28)19(29)21(16)35-23(36-22)40-11-26(30,31)32/h6-8,13-14H,4-5,9-11,33H2,1-3H3/t13-,14+. The summed E-state index contributed by atoms with van der Waals surface area (Å²) in [6.07, 6.45) is -2.43. The van der Waals surface area contributed by atoms with E-state index in [1.165, 1.54) is 18.3 Å². The van der Waals surface area contributed by atoms with Gasteiger partial charge in [0.2, 0.25) is 0 Å². The van der Waals surface area contributed by atoms with Crippen molar-refractivity contribution < 1.29 is 31.8 Å². The van der Waals surface area contributed by atoms with Crippen LogP contribution >= 0.6 is 23.2 Å². The molecule has 4 heterocycles. The largest absolute Gasteiger partial charge is 0.454 e. The van der Waals surface area contributed by atoms with Gasteiger partial charge < -0.3 is 20.1 Å². The number of aromatic nitrogens is 3. The Bertz CT molecular complexity index is 1500. The first-order valence-electron chi connectivity index (χ1n) is 12.7. The Morgan fingerprint density at radius 1 is 1.12 bits per heavy atom. The van der Waals surface area contributed by atoms with Crippen LogP contribution in [0.5, 0.6) is 6.01 Å². The highest BCUT2D eigenvalue weighted by Gasteiger charge is 2.45. The maximum absolute atomic E-state index is 16.0. The van der Waals surface area contributed by atoms with Crippen LogP contribution in [-0.4, -0.2) is 69.5 Å². The van der Waals surface area contributed by atoms with E-state index in [1.54, 1.807) is 30.6 Å². The van der Waals surface area contributed by atoms with Crippen molar-refractivity contribution in [3.63, 3.8) is 0 Å². The first-order valence-corrected chi connectivity index (χ1v) is 13.4. The Morgan fingerprint density at radius 2 is 1.78 bits per heavy atom. The molecule has 5 rings (SSSR count). The zero-order chi connectivity index (χ0) is 29.9. The Labute approximate surface area is 242 Å². The minimum absolute atomic E-state index is 0.00992. The van der Waals surface area contributed by atoms with E-state index >= 15 is 4.39 Å². The summed E-state index contributed by atoms with van der Waals surface area (Å²) in [5.41, 5.74) is 4.89. The molecule has 1 amide bonds. The van der Waals surface area contributed by atoms with Gasteiger partial charge in [-0.25, -0.2) is 9.18 Å². The van der Waals surface area contributed by atoms with Crippen molar-refractivity contribution >= 4 is 51.7 Å². The number of ether oxygens (including phenoxy) is 2. The smallest absolute Gasteiger partial charge is 0.422 e. The number of fused-ring (bicyclic) bond motifs is 3. The number of carbonyl (C=O) groups excluding carboxylic acids is 1. The second-order valence-electron chi connectivity index (χ2n) is 11.0. The molecule has 0 spiro atoms. The summed E-state index contributed by atoms with van der Waals surface area (Å²) in [7, 11) is 0. The molecule has 2 aromatic heterocycles. The van der Waals surface area contributed by atoms with E-state index in [2.05, 4.69) is 15.0 Å². The van der Waals surface area contributed by atoms with Crippen LogP contribution in [0.1, 0.15) is 33.6 Å². The van der Waals surface area contributed by atoms with E-state index in [4.69, 9.17) is 38.4 Å². The van der Waals surface area contributed by atoms with Gasteiger partial charge >= 0.3 is 18.3 Å². The number of halogens is 6. The molecule has 15 heteroatoms.